The van der Waals surface area contributed by atoms with Crippen LogP contribution in [0.4, 0.5) is 0 Å². The molecule has 0 radical (unpaired) electrons. The minimum Gasteiger partial charge on any atom is -0.467 e. The standard InChI is InChI=1S/C12H24N4O3/c1-12(2,3)10(18)16-8(9(17)19-4)6-5-7-15-11(13)14/h8H,5-7H2,1-4H3,(H,16,18)(H4,13,14,15)/p+1. The van der Waals surface area contributed by atoms with E-state index in [0.29, 0.717) is 19.4 Å². The number of nitrogens with one attached hydrogen (secondary N) is 2. The van der Waals surface area contributed by atoms with Crippen LogP contribution in [0.2, 0.25) is 0 Å². The zero-order chi connectivity index (χ0) is 15.1. The zero-order valence-corrected chi connectivity index (χ0v) is 12.1. The van der Waals surface area contributed by atoms with E-state index in [-0.39, 0.29) is 11.9 Å². The van der Waals surface area contributed by atoms with Crippen LogP contribution in [0.25, 0.3) is 0 Å². The van der Waals surface area contributed by atoms with Gasteiger partial charge in [-0.2, -0.15) is 0 Å². The molecule has 0 aliphatic carbocycles. The normalized spacial score (nSPS) is 12.4. The van der Waals surface area contributed by atoms with Crippen LogP contribution in [0, 0.1) is 5.41 Å². The van der Waals surface area contributed by atoms with E-state index < -0.39 is 17.4 Å². The Balaban J connectivity index is 4.45. The van der Waals surface area contributed by atoms with Gasteiger partial charge in [0.15, 0.2) is 0 Å². The first-order valence-electron chi connectivity index (χ1n) is 6.19. The second kappa shape index (κ2) is 7.60. The maximum atomic E-state index is 11.9. The molecule has 7 heteroatoms. The average molecular weight is 273 g/mol. The molecular formula is C12H25N4O3+. The van der Waals surface area contributed by atoms with Crippen LogP contribution in [0.5, 0.6) is 0 Å². The van der Waals surface area contributed by atoms with Crippen LogP contribution in [-0.4, -0.2) is 37.5 Å². The summed E-state index contributed by atoms with van der Waals surface area (Å²) in [7, 11) is 1.29. The fourth-order valence-electron chi connectivity index (χ4n) is 1.30. The number of amides is 1. The lowest BCUT2D eigenvalue weighted by Gasteiger charge is -2.22. The molecule has 0 saturated heterocycles. The number of hydrogen-bond donors (Lipinski definition) is 4. The summed E-state index contributed by atoms with van der Waals surface area (Å²) in [6.45, 7) is 5.87. The molecule has 0 aromatic rings. The molecule has 6 N–H and O–H groups in total. The SMILES string of the molecule is COC(=O)C(CCC[NH+]=C(N)N)NC(=O)C(C)(C)C. The van der Waals surface area contributed by atoms with Gasteiger partial charge in [0.2, 0.25) is 5.91 Å². The number of esters is 1. The van der Waals surface area contributed by atoms with Crippen molar-refractivity contribution in [1.29, 1.82) is 0 Å². The first-order valence-corrected chi connectivity index (χ1v) is 6.19. The number of nitrogens with two attached hydrogens (primary N) is 2. The molecule has 7 nitrogen and oxygen atoms in total. The van der Waals surface area contributed by atoms with Crippen molar-refractivity contribution < 1.29 is 19.3 Å². The van der Waals surface area contributed by atoms with Gasteiger partial charge in [0.25, 0.3) is 0 Å². The third kappa shape index (κ3) is 7.28. The molecule has 0 rings (SSSR count). The molecule has 1 unspecified atom stereocenters. The number of rotatable bonds is 6. The highest BCUT2D eigenvalue weighted by molar-refractivity contribution is 5.87. The highest BCUT2D eigenvalue weighted by Crippen LogP contribution is 2.13. The van der Waals surface area contributed by atoms with E-state index in [1.165, 1.54) is 7.11 Å². The number of hydrogen-bond acceptors (Lipinski definition) is 3. The predicted molar refractivity (Wildman–Crippen MR) is 71.8 cm³/mol. The minimum atomic E-state index is -0.655. The van der Waals surface area contributed by atoms with Crippen molar-refractivity contribution in [2.45, 2.75) is 39.7 Å². The second-order valence-corrected chi connectivity index (χ2v) is 5.32. The summed E-state index contributed by atoms with van der Waals surface area (Å²) in [5, 5.41) is 2.69. The lowest BCUT2D eigenvalue weighted by atomic mass is 9.95. The molecule has 0 aliphatic heterocycles. The molecule has 19 heavy (non-hydrogen) atoms. The number of carbonyl (C=O) groups excluding carboxylic acids is 2. The molecule has 1 amide bonds. The Hall–Kier alpha value is -1.79. The molecule has 0 aliphatic rings. The lowest BCUT2D eigenvalue weighted by molar-refractivity contribution is -0.459. The van der Waals surface area contributed by atoms with Crippen LogP contribution in [-0.2, 0) is 14.3 Å². The third-order valence-electron chi connectivity index (χ3n) is 2.47. The molecule has 1 atom stereocenters. The number of carbonyl (C=O) groups is 2. The lowest BCUT2D eigenvalue weighted by Crippen LogP contribution is -2.78. The Labute approximate surface area is 113 Å². The molecule has 0 heterocycles. The van der Waals surface area contributed by atoms with Gasteiger partial charge < -0.3 is 10.1 Å². The van der Waals surface area contributed by atoms with Crippen molar-refractivity contribution in [1.82, 2.24) is 5.32 Å². The van der Waals surface area contributed by atoms with Gasteiger partial charge in [-0.25, -0.2) is 4.79 Å². The zero-order valence-electron chi connectivity index (χ0n) is 12.1. The van der Waals surface area contributed by atoms with Gasteiger partial charge in [-0.15, -0.1) is 0 Å². The first-order chi connectivity index (χ1) is 8.68. The van der Waals surface area contributed by atoms with Crippen LogP contribution in [0.1, 0.15) is 33.6 Å². The van der Waals surface area contributed by atoms with Gasteiger partial charge in [0, 0.05) is 5.41 Å². The van der Waals surface area contributed by atoms with E-state index in [0.717, 1.165) is 0 Å². The second-order valence-electron chi connectivity index (χ2n) is 5.32. The molecule has 0 aromatic carbocycles. The maximum Gasteiger partial charge on any atom is 0.338 e. The Morgan fingerprint density at radius 2 is 1.89 bits per heavy atom. The average Bonchev–Trinajstić information content (AvgIpc) is 2.30. The molecule has 110 valence electrons. The molecule has 0 bridgehead atoms. The Kier molecular flexibility index (Phi) is 6.89. The van der Waals surface area contributed by atoms with Crippen molar-refractivity contribution in [3.63, 3.8) is 0 Å². The van der Waals surface area contributed by atoms with Crippen molar-refractivity contribution >= 4 is 17.8 Å². The Morgan fingerprint density at radius 1 is 1.32 bits per heavy atom. The van der Waals surface area contributed by atoms with E-state index in [4.69, 9.17) is 11.5 Å². The fourth-order valence-corrected chi connectivity index (χ4v) is 1.30. The van der Waals surface area contributed by atoms with E-state index in [1.807, 2.05) is 0 Å². The van der Waals surface area contributed by atoms with Crippen molar-refractivity contribution in [2.24, 2.45) is 16.9 Å². The van der Waals surface area contributed by atoms with Gasteiger partial charge in [-0.05, 0) is 12.8 Å². The van der Waals surface area contributed by atoms with Crippen molar-refractivity contribution in [2.75, 3.05) is 13.7 Å². The van der Waals surface area contributed by atoms with E-state index in [2.05, 4.69) is 15.0 Å². The summed E-state index contributed by atoms with van der Waals surface area (Å²) >= 11 is 0. The number of methoxy groups -OCH3 is 1. The van der Waals surface area contributed by atoms with Gasteiger partial charge in [0.1, 0.15) is 6.04 Å². The molecule has 0 spiro atoms. The summed E-state index contributed by atoms with van der Waals surface area (Å²) in [4.78, 5) is 26.2. The quantitative estimate of drug-likeness (QED) is 0.190. The van der Waals surface area contributed by atoms with E-state index in [1.54, 1.807) is 20.8 Å². The predicted octanol–water partition coefficient (Wildman–Crippen LogP) is -2.18. The van der Waals surface area contributed by atoms with Crippen molar-refractivity contribution in [3.05, 3.63) is 0 Å². The Bertz CT molecular complexity index is 343. The monoisotopic (exact) mass is 273 g/mol. The van der Waals surface area contributed by atoms with Gasteiger partial charge in [-0.3, -0.25) is 21.3 Å². The summed E-state index contributed by atoms with van der Waals surface area (Å²) in [6, 6.07) is -0.655. The molecule has 0 saturated carbocycles. The summed E-state index contributed by atoms with van der Waals surface area (Å²) in [6.07, 6.45) is 1.08. The van der Waals surface area contributed by atoms with Gasteiger partial charge in [-0.1, -0.05) is 20.8 Å². The van der Waals surface area contributed by atoms with E-state index in [9.17, 15) is 9.59 Å². The van der Waals surface area contributed by atoms with Crippen LogP contribution < -0.4 is 21.8 Å². The summed E-state index contributed by atoms with van der Waals surface area (Å²) < 4.78 is 4.68. The minimum absolute atomic E-state index is 0.133. The molecule has 0 fully saturated rings. The smallest absolute Gasteiger partial charge is 0.338 e. The topological polar surface area (TPSA) is 121 Å². The number of guanidine groups is 1. The van der Waals surface area contributed by atoms with E-state index >= 15 is 0 Å². The first kappa shape index (κ1) is 17.2. The van der Waals surface area contributed by atoms with Crippen LogP contribution in [0.15, 0.2) is 0 Å². The fraction of sp³-hybridized carbons (Fsp3) is 0.750. The molecule has 0 aromatic heterocycles. The largest absolute Gasteiger partial charge is 0.467 e. The summed E-state index contributed by atoms with van der Waals surface area (Å²) in [5.41, 5.74) is 9.95. The highest BCUT2D eigenvalue weighted by Gasteiger charge is 2.27. The van der Waals surface area contributed by atoms with Crippen LogP contribution >= 0.6 is 0 Å². The number of ether oxygens (including phenoxy) is 1. The Morgan fingerprint density at radius 3 is 2.32 bits per heavy atom. The highest BCUT2D eigenvalue weighted by atomic mass is 16.5. The molecular weight excluding hydrogens is 248 g/mol. The summed E-state index contributed by atoms with van der Waals surface area (Å²) in [5.74, 6) is -0.517. The third-order valence-corrected chi connectivity index (χ3v) is 2.47. The maximum absolute atomic E-state index is 11.9. The van der Waals surface area contributed by atoms with Gasteiger partial charge >= 0.3 is 11.9 Å². The van der Waals surface area contributed by atoms with Crippen LogP contribution in [0.3, 0.4) is 0 Å². The van der Waals surface area contributed by atoms with Crippen molar-refractivity contribution in [3.8, 4) is 0 Å². The van der Waals surface area contributed by atoms with Gasteiger partial charge in [0.05, 0.1) is 13.7 Å².